The maximum Gasteiger partial charge on any atom is 0.331 e. The van der Waals surface area contributed by atoms with E-state index in [1.807, 2.05) is 0 Å². The summed E-state index contributed by atoms with van der Waals surface area (Å²) in [5.41, 5.74) is -3.97. The Morgan fingerprint density at radius 3 is 1.37 bits per heavy atom. The lowest BCUT2D eigenvalue weighted by Gasteiger charge is -2.65. The zero-order valence-corrected chi connectivity index (χ0v) is 37.8. The molecule has 0 aromatic carbocycles. The molecule has 6 N–H and O–H groups in total. The third kappa shape index (κ3) is 6.39. The van der Waals surface area contributed by atoms with Crippen molar-refractivity contribution in [3.05, 3.63) is 23.3 Å². The van der Waals surface area contributed by atoms with Gasteiger partial charge in [0.1, 0.15) is 13.2 Å². The summed E-state index contributed by atoms with van der Waals surface area (Å²) in [6.07, 6.45) is 20.9. The molecule has 0 radical (unpaired) electrons. The van der Waals surface area contributed by atoms with Crippen LogP contribution in [-0.4, -0.2) is 116 Å². The van der Waals surface area contributed by atoms with Gasteiger partial charge in [0.2, 0.25) is 0 Å². The first-order valence-corrected chi connectivity index (χ1v) is 25.0. The molecule has 348 valence electrons. The van der Waals surface area contributed by atoms with Crippen LogP contribution in [0.1, 0.15) is 149 Å². The molecule has 12 heteroatoms. The summed E-state index contributed by atoms with van der Waals surface area (Å²) in [5, 5.41) is 72.1. The number of ether oxygens (including phenoxy) is 2. The van der Waals surface area contributed by atoms with Gasteiger partial charge in [-0.3, -0.25) is 9.98 Å². The molecule has 0 aromatic rings. The van der Waals surface area contributed by atoms with Crippen LogP contribution in [0, 0.1) is 57.2 Å². The van der Waals surface area contributed by atoms with Crippen molar-refractivity contribution in [3.8, 4) is 0 Å². The summed E-state index contributed by atoms with van der Waals surface area (Å²) in [5.74, 6) is -0.296. The van der Waals surface area contributed by atoms with Crippen LogP contribution in [0.3, 0.4) is 0 Å². The van der Waals surface area contributed by atoms with E-state index >= 15 is 0 Å². The number of cyclic esters (lactones) is 2. The van der Waals surface area contributed by atoms with Crippen molar-refractivity contribution in [3.63, 3.8) is 0 Å². The number of unbranched alkanes of at least 4 members (excludes halogenated alkanes) is 2. The lowest BCUT2D eigenvalue weighted by Crippen LogP contribution is -2.68. The molecule has 2 aliphatic heterocycles. The molecule has 10 rings (SSSR count). The lowest BCUT2D eigenvalue weighted by atomic mass is 9.41. The number of hydrogen-bond acceptors (Lipinski definition) is 12. The van der Waals surface area contributed by atoms with Crippen LogP contribution in [0.25, 0.3) is 0 Å². The van der Waals surface area contributed by atoms with E-state index in [9.17, 15) is 40.2 Å². The monoisotopic (exact) mass is 875 g/mol. The second kappa shape index (κ2) is 15.5. The molecule has 0 aromatic heterocycles. The van der Waals surface area contributed by atoms with E-state index in [1.54, 1.807) is 12.2 Å². The fourth-order valence-corrected chi connectivity index (χ4v) is 17.8. The van der Waals surface area contributed by atoms with Crippen LogP contribution in [0.15, 0.2) is 33.3 Å². The van der Waals surface area contributed by atoms with Crippen molar-refractivity contribution in [2.75, 3.05) is 26.3 Å². The van der Waals surface area contributed by atoms with Gasteiger partial charge in [-0.1, -0.05) is 13.8 Å². The summed E-state index contributed by atoms with van der Waals surface area (Å²) in [4.78, 5) is 34.2. The van der Waals surface area contributed by atoms with Gasteiger partial charge in [0, 0.05) is 72.2 Å². The van der Waals surface area contributed by atoms with Crippen LogP contribution in [0.5, 0.6) is 0 Å². The van der Waals surface area contributed by atoms with E-state index in [4.69, 9.17) is 19.5 Å². The minimum Gasteiger partial charge on any atom is -0.458 e. The zero-order valence-electron chi connectivity index (χ0n) is 37.8. The molecule has 63 heavy (non-hydrogen) atoms. The van der Waals surface area contributed by atoms with Crippen LogP contribution < -0.4 is 0 Å². The molecule has 0 spiro atoms. The minimum atomic E-state index is -1.08. The van der Waals surface area contributed by atoms with Crippen LogP contribution in [0.4, 0.5) is 0 Å². The van der Waals surface area contributed by atoms with E-state index in [0.717, 1.165) is 68.9 Å². The Morgan fingerprint density at radius 2 is 0.968 bits per heavy atom. The third-order valence-electron chi connectivity index (χ3n) is 21.0. The SMILES string of the molecule is C[C@]12CC[C@H]3C(CCC4(O)CC(O)CC[C@]34C=NCCCCCN=C[C@]34CCC(O)CC3(O)CCC3[C@@H]4CC[C@]4(C)[C@H](C5=CC(=O)OC5)CCC34O)C1(O)CC[C@H]2C1=CC(=O)OC1. The molecule has 10 aliphatic rings. The molecular weight excluding hydrogens is 801 g/mol. The normalized spacial score (nSPS) is 51.4. The number of rotatable bonds is 10. The number of fused-ring (bicyclic) bond motifs is 10. The average Bonchev–Trinajstić information content (AvgIpc) is 4.00. The van der Waals surface area contributed by atoms with Gasteiger partial charge in [0.25, 0.3) is 0 Å². The molecule has 12 nitrogen and oxygen atoms in total. The van der Waals surface area contributed by atoms with Crippen molar-refractivity contribution in [1.82, 2.24) is 0 Å². The molecule has 8 saturated carbocycles. The molecule has 2 heterocycles. The highest BCUT2D eigenvalue weighted by Gasteiger charge is 2.73. The van der Waals surface area contributed by atoms with E-state index in [0.29, 0.717) is 103 Å². The zero-order chi connectivity index (χ0) is 44.3. The second-order valence-electron chi connectivity index (χ2n) is 23.2. The van der Waals surface area contributed by atoms with Gasteiger partial charge in [0.05, 0.1) is 34.6 Å². The van der Waals surface area contributed by atoms with Crippen molar-refractivity contribution in [2.45, 2.75) is 183 Å². The summed E-state index contributed by atoms with van der Waals surface area (Å²) < 4.78 is 10.6. The third-order valence-corrected chi connectivity index (χ3v) is 21.0. The van der Waals surface area contributed by atoms with Gasteiger partial charge < -0.3 is 40.1 Å². The number of aliphatic hydroxyl groups is 6. The van der Waals surface area contributed by atoms with Crippen molar-refractivity contribution >= 4 is 24.4 Å². The number of aliphatic hydroxyl groups excluding tert-OH is 2. The Morgan fingerprint density at radius 1 is 0.556 bits per heavy atom. The van der Waals surface area contributed by atoms with Crippen LogP contribution in [0.2, 0.25) is 0 Å². The van der Waals surface area contributed by atoms with Crippen molar-refractivity contribution in [1.29, 1.82) is 0 Å². The number of carbonyl (C=O) groups is 2. The van der Waals surface area contributed by atoms with Crippen molar-refractivity contribution < 1.29 is 49.7 Å². The fourth-order valence-electron chi connectivity index (χ4n) is 17.8. The standard InChI is InChI=1S/C51H74N2O10/c1-44-14-8-38-40(50(44,60)20-12-36(44)32-24-42(56)62-28-32)10-18-48(58)26-34(54)6-16-46(38,48)30-52-22-4-3-5-23-53-31-47-17-7-35(55)27-49(47,59)19-11-41-39(47)9-15-45(2)37(13-21-51(41,45)61)33-25-43(57)63-29-33/h24-25,30-31,34-41,54-55,58-61H,3-23,26-29H2,1-2H3/t34?,35?,36-,37-,38-,39-,40?,41?,44+,45+,46-,47-,48?,49?,50?,51?/m0/s1. The first-order chi connectivity index (χ1) is 30.0. The van der Waals surface area contributed by atoms with Gasteiger partial charge >= 0.3 is 11.9 Å². The Labute approximate surface area is 373 Å². The largest absolute Gasteiger partial charge is 0.458 e. The smallest absolute Gasteiger partial charge is 0.331 e. The maximum absolute atomic E-state index is 12.8. The Hall–Kier alpha value is -2.48. The molecule has 0 bridgehead atoms. The molecular formula is C51H74N2O10. The molecule has 16 atom stereocenters. The molecule has 0 amide bonds. The second-order valence-corrected chi connectivity index (χ2v) is 23.2. The maximum atomic E-state index is 12.8. The Kier molecular flexibility index (Phi) is 10.9. The van der Waals surface area contributed by atoms with E-state index in [2.05, 4.69) is 26.3 Å². The quantitative estimate of drug-likeness (QED) is 0.0897. The van der Waals surface area contributed by atoms with Crippen LogP contribution >= 0.6 is 0 Å². The molecule has 8 unspecified atom stereocenters. The van der Waals surface area contributed by atoms with Gasteiger partial charge in [0.15, 0.2) is 0 Å². The first-order valence-electron chi connectivity index (χ1n) is 25.0. The van der Waals surface area contributed by atoms with Gasteiger partial charge in [-0.05, 0) is 169 Å². The van der Waals surface area contributed by atoms with Crippen LogP contribution in [-0.2, 0) is 19.1 Å². The molecule has 0 saturated heterocycles. The predicted octanol–water partition coefficient (Wildman–Crippen LogP) is 5.72. The summed E-state index contributed by atoms with van der Waals surface area (Å²) in [7, 11) is 0. The van der Waals surface area contributed by atoms with Crippen molar-refractivity contribution in [2.24, 2.45) is 67.2 Å². The highest BCUT2D eigenvalue weighted by molar-refractivity contribution is 5.86. The summed E-state index contributed by atoms with van der Waals surface area (Å²) >= 11 is 0. The molecule has 8 fully saturated rings. The summed E-state index contributed by atoms with van der Waals surface area (Å²) in [6.45, 7) is 6.29. The Balaban J connectivity index is 0.800. The number of carbonyl (C=O) groups excluding carboxylic acids is 2. The number of nitrogens with zero attached hydrogens (tertiary/aromatic N) is 2. The molecule has 8 aliphatic carbocycles. The van der Waals surface area contributed by atoms with E-state index < -0.39 is 45.4 Å². The minimum absolute atomic E-state index is 0.00329. The number of esters is 2. The predicted molar refractivity (Wildman–Crippen MR) is 236 cm³/mol. The highest BCUT2D eigenvalue weighted by atomic mass is 16.5. The van der Waals surface area contributed by atoms with E-state index in [-0.39, 0.29) is 58.3 Å². The van der Waals surface area contributed by atoms with E-state index in [1.165, 1.54) is 0 Å². The average molecular weight is 875 g/mol. The number of hydrogen-bond donors (Lipinski definition) is 6. The van der Waals surface area contributed by atoms with Gasteiger partial charge in [-0.15, -0.1) is 0 Å². The number of aliphatic imine (C=N–C) groups is 2. The van der Waals surface area contributed by atoms with Gasteiger partial charge in [-0.25, -0.2) is 9.59 Å². The fraction of sp³-hybridized carbons (Fsp3) is 0.843. The lowest BCUT2D eigenvalue weighted by molar-refractivity contribution is -0.237. The summed E-state index contributed by atoms with van der Waals surface area (Å²) in [6, 6.07) is 0. The topological polar surface area (TPSA) is 199 Å². The van der Waals surface area contributed by atoms with Gasteiger partial charge in [-0.2, -0.15) is 0 Å². The first kappa shape index (κ1) is 44.4. The highest BCUT2D eigenvalue weighted by Crippen LogP contribution is 2.72. The Bertz CT molecular complexity index is 1830.